The molecule has 1 rings (SSSR count). The summed E-state index contributed by atoms with van der Waals surface area (Å²) >= 11 is 0. The Morgan fingerprint density at radius 2 is 1.58 bits per heavy atom. The van der Waals surface area contributed by atoms with Crippen molar-refractivity contribution in [2.75, 3.05) is 11.9 Å². The van der Waals surface area contributed by atoms with Crippen molar-refractivity contribution >= 4 is 11.6 Å². The summed E-state index contributed by atoms with van der Waals surface area (Å²) in [5.41, 5.74) is 3.64. The van der Waals surface area contributed by atoms with Crippen LogP contribution in [0.3, 0.4) is 0 Å². The largest absolute Gasteiger partial charge is 0.315 e. The molecule has 106 valence electrons. The monoisotopic (exact) mass is 261 g/mol. The van der Waals surface area contributed by atoms with E-state index in [0.717, 1.165) is 12.1 Å². The zero-order chi connectivity index (χ0) is 14.6. The lowest BCUT2D eigenvalue weighted by Crippen LogP contribution is -2.28. The van der Waals surface area contributed by atoms with Crippen LogP contribution in [0.1, 0.15) is 70.4 Å². The van der Waals surface area contributed by atoms with Crippen LogP contribution in [0.5, 0.6) is 0 Å². The second kappa shape index (κ2) is 6.74. The van der Waals surface area contributed by atoms with Crippen molar-refractivity contribution in [2.24, 2.45) is 0 Å². The first-order valence-corrected chi connectivity index (χ1v) is 7.29. The van der Waals surface area contributed by atoms with Gasteiger partial charge in [0.2, 0.25) is 5.91 Å². The summed E-state index contributed by atoms with van der Waals surface area (Å²) < 4.78 is 0. The molecule has 0 aliphatic carbocycles. The van der Waals surface area contributed by atoms with Crippen molar-refractivity contribution < 1.29 is 4.79 Å². The first kappa shape index (κ1) is 15.7. The van der Waals surface area contributed by atoms with E-state index in [4.69, 9.17) is 0 Å². The third-order valence-electron chi connectivity index (χ3n) is 3.52. The second-order valence-electron chi connectivity index (χ2n) is 5.80. The SMILES string of the molecule is CCCC(=O)N(C)c1c(C(C)C)cccc1C(C)C. The number of carbonyl (C=O) groups excluding carboxylic acids is 1. The van der Waals surface area contributed by atoms with E-state index in [1.54, 1.807) is 0 Å². The Bertz CT molecular complexity index is 409. The molecule has 0 bridgehead atoms. The molecule has 2 nitrogen and oxygen atoms in total. The van der Waals surface area contributed by atoms with Crippen LogP contribution in [0, 0.1) is 0 Å². The van der Waals surface area contributed by atoms with E-state index in [0.29, 0.717) is 18.3 Å². The number of rotatable bonds is 5. The molecule has 0 atom stereocenters. The number of amides is 1. The van der Waals surface area contributed by atoms with E-state index in [2.05, 4.69) is 45.9 Å². The van der Waals surface area contributed by atoms with E-state index in [9.17, 15) is 4.79 Å². The van der Waals surface area contributed by atoms with Crippen LogP contribution >= 0.6 is 0 Å². The Hall–Kier alpha value is -1.31. The van der Waals surface area contributed by atoms with Gasteiger partial charge in [0, 0.05) is 13.5 Å². The van der Waals surface area contributed by atoms with Crippen LogP contribution in [0.15, 0.2) is 18.2 Å². The normalized spacial score (nSPS) is 11.2. The Balaban J connectivity index is 3.32. The molecule has 0 fully saturated rings. The summed E-state index contributed by atoms with van der Waals surface area (Å²) in [6.45, 7) is 10.8. The lowest BCUT2D eigenvalue weighted by Gasteiger charge is -2.27. The fraction of sp³-hybridized carbons (Fsp3) is 0.588. The van der Waals surface area contributed by atoms with Crippen LogP contribution in [-0.2, 0) is 4.79 Å². The highest BCUT2D eigenvalue weighted by molar-refractivity contribution is 5.94. The topological polar surface area (TPSA) is 20.3 Å². The number of nitrogens with zero attached hydrogens (tertiary/aromatic N) is 1. The highest BCUT2D eigenvalue weighted by atomic mass is 16.2. The minimum atomic E-state index is 0.206. The van der Waals surface area contributed by atoms with E-state index in [1.807, 2.05) is 18.9 Å². The quantitative estimate of drug-likeness (QED) is 0.752. The summed E-state index contributed by atoms with van der Waals surface area (Å²) in [6, 6.07) is 6.38. The number of para-hydroxylation sites is 1. The van der Waals surface area contributed by atoms with Crippen LogP contribution in [0.2, 0.25) is 0 Å². The smallest absolute Gasteiger partial charge is 0.226 e. The van der Waals surface area contributed by atoms with Crippen molar-refractivity contribution in [2.45, 2.75) is 59.3 Å². The minimum absolute atomic E-state index is 0.206. The minimum Gasteiger partial charge on any atom is -0.315 e. The maximum Gasteiger partial charge on any atom is 0.226 e. The highest BCUT2D eigenvalue weighted by Gasteiger charge is 2.20. The number of benzene rings is 1. The molecule has 0 saturated carbocycles. The molecule has 0 heterocycles. The van der Waals surface area contributed by atoms with Crippen molar-refractivity contribution in [1.29, 1.82) is 0 Å². The van der Waals surface area contributed by atoms with Gasteiger partial charge < -0.3 is 4.90 Å². The van der Waals surface area contributed by atoms with E-state index < -0.39 is 0 Å². The van der Waals surface area contributed by atoms with Crippen molar-refractivity contribution in [3.05, 3.63) is 29.3 Å². The van der Waals surface area contributed by atoms with Gasteiger partial charge in [-0.05, 0) is 29.4 Å². The molecule has 0 aromatic heterocycles. The van der Waals surface area contributed by atoms with E-state index in [-0.39, 0.29) is 5.91 Å². The van der Waals surface area contributed by atoms with Gasteiger partial charge in [-0.2, -0.15) is 0 Å². The van der Waals surface area contributed by atoms with Gasteiger partial charge in [-0.1, -0.05) is 52.8 Å². The third kappa shape index (κ3) is 3.59. The van der Waals surface area contributed by atoms with Crippen molar-refractivity contribution in [3.63, 3.8) is 0 Å². The molecule has 1 aromatic rings. The summed E-state index contributed by atoms with van der Waals surface area (Å²) in [5, 5.41) is 0. The third-order valence-corrected chi connectivity index (χ3v) is 3.52. The zero-order valence-corrected chi connectivity index (χ0v) is 13.2. The Morgan fingerprint density at radius 3 is 1.95 bits per heavy atom. The highest BCUT2D eigenvalue weighted by Crippen LogP contribution is 2.35. The van der Waals surface area contributed by atoms with Gasteiger partial charge in [-0.15, -0.1) is 0 Å². The van der Waals surface area contributed by atoms with Crippen molar-refractivity contribution in [3.8, 4) is 0 Å². The molecule has 0 radical (unpaired) electrons. The fourth-order valence-electron chi connectivity index (χ4n) is 2.41. The number of carbonyl (C=O) groups is 1. The summed E-state index contributed by atoms with van der Waals surface area (Å²) in [7, 11) is 1.91. The molecule has 0 aliphatic heterocycles. The first-order valence-electron chi connectivity index (χ1n) is 7.29. The number of anilines is 1. The molecule has 1 amide bonds. The lowest BCUT2D eigenvalue weighted by molar-refractivity contribution is -0.118. The molecule has 2 heteroatoms. The summed E-state index contributed by atoms with van der Waals surface area (Å²) in [5.74, 6) is 1.05. The number of hydrogen-bond donors (Lipinski definition) is 0. The maximum atomic E-state index is 12.2. The van der Waals surface area contributed by atoms with Gasteiger partial charge in [-0.25, -0.2) is 0 Å². The van der Waals surface area contributed by atoms with Gasteiger partial charge in [0.1, 0.15) is 0 Å². The van der Waals surface area contributed by atoms with Crippen LogP contribution < -0.4 is 4.90 Å². The van der Waals surface area contributed by atoms with Gasteiger partial charge in [0.15, 0.2) is 0 Å². The lowest BCUT2D eigenvalue weighted by atomic mass is 9.92. The summed E-state index contributed by atoms with van der Waals surface area (Å²) in [4.78, 5) is 14.1. The molecule has 0 unspecified atom stereocenters. The van der Waals surface area contributed by atoms with Gasteiger partial charge in [0.05, 0.1) is 5.69 Å². The maximum absolute atomic E-state index is 12.2. The van der Waals surface area contributed by atoms with E-state index >= 15 is 0 Å². The molecule has 0 saturated heterocycles. The molecule has 0 N–H and O–H groups in total. The molecule has 1 aromatic carbocycles. The Labute approximate surface area is 117 Å². The van der Waals surface area contributed by atoms with Gasteiger partial charge >= 0.3 is 0 Å². The fourth-order valence-corrected chi connectivity index (χ4v) is 2.41. The van der Waals surface area contributed by atoms with Crippen LogP contribution in [-0.4, -0.2) is 13.0 Å². The van der Waals surface area contributed by atoms with Crippen molar-refractivity contribution in [1.82, 2.24) is 0 Å². The zero-order valence-electron chi connectivity index (χ0n) is 13.2. The summed E-state index contributed by atoms with van der Waals surface area (Å²) in [6.07, 6.45) is 1.50. The second-order valence-corrected chi connectivity index (χ2v) is 5.80. The standard InChI is InChI=1S/C17H27NO/c1-7-9-16(19)18(6)17-14(12(2)3)10-8-11-15(17)13(4)5/h8,10-13H,7,9H2,1-6H3. The average molecular weight is 261 g/mol. The predicted molar refractivity (Wildman–Crippen MR) is 82.9 cm³/mol. The van der Waals surface area contributed by atoms with E-state index in [1.165, 1.54) is 11.1 Å². The molecule has 0 aliphatic rings. The van der Waals surface area contributed by atoms with Crippen LogP contribution in [0.4, 0.5) is 5.69 Å². The number of hydrogen-bond acceptors (Lipinski definition) is 1. The van der Waals surface area contributed by atoms with Gasteiger partial charge in [-0.3, -0.25) is 4.79 Å². The molecule has 19 heavy (non-hydrogen) atoms. The molecular weight excluding hydrogens is 234 g/mol. The molecular formula is C17H27NO. The predicted octanol–water partition coefficient (Wildman–Crippen LogP) is 4.70. The van der Waals surface area contributed by atoms with Crippen LogP contribution in [0.25, 0.3) is 0 Å². The Kier molecular flexibility index (Phi) is 5.59. The van der Waals surface area contributed by atoms with Gasteiger partial charge in [0.25, 0.3) is 0 Å². The Morgan fingerprint density at radius 1 is 1.11 bits per heavy atom. The molecule has 0 spiro atoms. The average Bonchev–Trinajstić information content (AvgIpc) is 2.36. The first-order chi connectivity index (χ1) is 8.90.